The van der Waals surface area contributed by atoms with Crippen LogP contribution in [-0.2, 0) is 15.7 Å². The van der Waals surface area contributed by atoms with Crippen LogP contribution in [0.15, 0.2) is 48.0 Å². The molecule has 1 saturated carbocycles. The third kappa shape index (κ3) is 3.03. The van der Waals surface area contributed by atoms with Crippen LogP contribution in [0, 0.1) is 6.92 Å². The van der Waals surface area contributed by atoms with Crippen LogP contribution in [-0.4, -0.2) is 11.6 Å². The van der Waals surface area contributed by atoms with Crippen LogP contribution in [0.5, 0.6) is 0 Å². The minimum atomic E-state index is -4.38. The van der Waals surface area contributed by atoms with Gasteiger partial charge < -0.3 is 4.74 Å². The third-order valence-electron chi connectivity index (χ3n) is 5.98. The minimum absolute atomic E-state index is 0.297. The van der Waals surface area contributed by atoms with Gasteiger partial charge in [-0.2, -0.15) is 13.2 Å². The van der Waals surface area contributed by atoms with Crippen LogP contribution >= 0.6 is 0 Å². The second kappa shape index (κ2) is 6.50. The van der Waals surface area contributed by atoms with E-state index >= 15 is 0 Å². The molecule has 28 heavy (non-hydrogen) atoms. The molecule has 1 aliphatic heterocycles. The van der Waals surface area contributed by atoms with E-state index in [-0.39, 0.29) is 5.97 Å². The molecular formula is C23H21F3O2. The molecule has 0 atom stereocenters. The molecule has 5 heteroatoms. The van der Waals surface area contributed by atoms with Crippen LogP contribution in [0.1, 0.15) is 49.3 Å². The van der Waals surface area contributed by atoms with E-state index in [1.165, 1.54) is 6.07 Å². The largest absolute Gasteiger partial charge is 0.451 e. The number of carbonyl (C=O) groups is 1. The lowest BCUT2D eigenvalue weighted by molar-refractivity contribution is -0.144. The molecule has 0 aromatic heterocycles. The molecule has 0 amide bonds. The number of esters is 1. The van der Waals surface area contributed by atoms with Crippen LogP contribution < -0.4 is 0 Å². The van der Waals surface area contributed by atoms with Crippen molar-refractivity contribution in [3.8, 4) is 11.1 Å². The number of hydrogen-bond donors (Lipinski definition) is 0. The van der Waals surface area contributed by atoms with Gasteiger partial charge in [0.1, 0.15) is 5.60 Å². The van der Waals surface area contributed by atoms with E-state index in [4.69, 9.17) is 4.74 Å². The Morgan fingerprint density at radius 1 is 0.964 bits per heavy atom. The number of alkyl halides is 3. The molecule has 2 aromatic rings. The van der Waals surface area contributed by atoms with Gasteiger partial charge in [-0.3, -0.25) is 0 Å². The summed E-state index contributed by atoms with van der Waals surface area (Å²) >= 11 is 0. The maximum Gasteiger partial charge on any atom is 0.416 e. The lowest BCUT2D eigenvalue weighted by Gasteiger charge is -2.23. The van der Waals surface area contributed by atoms with Gasteiger partial charge in [0.15, 0.2) is 0 Å². The predicted molar refractivity (Wildman–Crippen MR) is 102 cm³/mol. The van der Waals surface area contributed by atoms with Gasteiger partial charge in [0.25, 0.3) is 0 Å². The highest BCUT2D eigenvalue weighted by atomic mass is 19.4. The van der Waals surface area contributed by atoms with E-state index in [0.717, 1.165) is 54.5 Å². The first kappa shape index (κ1) is 18.8. The summed E-state index contributed by atoms with van der Waals surface area (Å²) in [5, 5.41) is 0. The lowest BCUT2D eigenvalue weighted by atomic mass is 9.87. The van der Waals surface area contributed by atoms with Crippen LogP contribution in [0.3, 0.4) is 0 Å². The fourth-order valence-corrected chi connectivity index (χ4v) is 4.42. The third-order valence-corrected chi connectivity index (χ3v) is 5.98. The SMILES string of the molecule is CC1=C(c2ccc(-c3cccc(C(F)(F)F)c3)cc2C)C(=O)OC12CCCC2. The summed E-state index contributed by atoms with van der Waals surface area (Å²) in [6, 6.07) is 10.7. The molecule has 0 saturated heterocycles. The number of rotatable bonds is 2. The summed E-state index contributed by atoms with van der Waals surface area (Å²) in [6.07, 6.45) is -0.572. The first-order valence-electron chi connectivity index (χ1n) is 9.45. The van der Waals surface area contributed by atoms with Crippen LogP contribution in [0.2, 0.25) is 0 Å². The summed E-state index contributed by atoms with van der Waals surface area (Å²) in [5.74, 6) is -0.297. The molecule has 146 valence electrons. The molecule has 2 aliphatic rings. The Hall–Kier alpha value is -2.56. The molecule has 2 nitrogen and oxygen atoms in total. The highest BCUT2D eigenvalue weighted by Crippen LogP contribution is 2.48. The molecular weight excluding hydrogens is 365 g/mol. The summed E-state index contributed by atoms with van der Waals surface area (Å²) < 4.78 is 44.8. The topological polar surface area (TPSA) is 26.3 Å². The first-order chi connectivity index (χ1) is 13.2. The maximum atomic E-state index is 13.0. The standard InChI is InChI=1S/C23H21F3O2/c1-14-12-17(16-6-5-7-18(13-16)23(24,25)26)8-9-19(14)20-15(2)22(28-21(20)27)10-3-4-11-22/h5-9,12-13H,3-4,10-11H2,1-2H3. The summed E-state index contributed by atoms with van der Waals surface area (Å²) in [5.41, 5.74) is 3.27. The van der Waals surface area contributed by atoms with Gasteiger partial charge in [-0.25, -0.2) is 4.79 Å². The quantitative estimate of drug-likeness (QED) is 0.564. The van der Waals surface area contributed by atoms with Crippen molar-refractivity contribution < 1.29 is 22.7 Å². The second-order valence-corrected chi connectivity index (χ2v) is 7.70. The second-order valence-electron chi connectivity index (χ2n) is 7.70. The van der Waals surface area contributed by atoms with Crippen molar-refractivity contribution in [2.75, 3.05) is 0 Å². The maximum absolute atomic E-state index is 13.0. The van der Waals surface area contributed by atoms with Crippen molar-refractivity contribution >= 4 is 11.5 Å². The summed E-state index contributed by atoms with van der Waals surface area (Å²) in [4.78, 5) is 12.6. The summed E-state index contributed by atoms with van der Waals surface area (Å²) in [7, 11) is 0. The Bertz CT molecular complexity index is 980. The number of hydrogen-bond acceptors (Lipinski definition) is 2. The summed E-state index contributed by atoms with van der Waals surface area (Å²) in [6.45, 7) is 3.84. The van der Waals surface area contributed by atoms with Gasteiger partial charge in [0.2, 0.25) is 0 Å². The van der Waals surface area contributed by atoms with E-state index in [2.05, 4.69) is 0 Å². The molecule has 1 heterocycles. The van der Waals surface area contributed by atoms with Gasteiger partial charge in [-0.05, 0) is 79.5 Å². The average Bonchev–Trinajstić information content (AvgIpc) is 3.20. The van der Waals surface area contributed by atoms with Crippen LogP contribution in [0.25, 0.3) is 16.7 Å². The number of carbonyl (C=O) groups excluding carboxylic acids is 1. The molecule has 4 rings (SSSR count). The van der Waals surface area contributed by atoms with Crippen molar-refractivity contribution in [3.63, 3.8) is 0 Å². The molecule has 0 unspecified atom stereocenters. The van der Waals surface area contributed by atoms with E-state index in [1.54, 1.807) is 12.1 Å². The average molecular weight is 386 g/mol. The fourth-order valence-electron chi connectivity index (χ4n) is 4.42. The predicted octanol–water partition coefficient (Wildman–Crippen LogP) is 6.32. The van der Waals surface area contributed by atoms with Crippen LogP contribution in [0.4, 0.5) is 13.2 Å². The van der Waals surface area contributed by atoms with Crippen molar-refractivity contribution in [2.24, 2.45) is 0 Å². The normalized spacial score (nSPS) is 18.8. The number of aryl methyl sites for hydroxylation is 1. The Morgan fingerprint density at radius 2 is 1.64 bits per heavy atom. The smallest absolute Gasteiger partial charge is 0.416 e. The van der Waals surface area contributed by atoms with E-state index < -0.39 is 17.3 Å². The molecule has 0 bridgehead atoms. The fraction of sp³-hybridized carbons (Fsp3) is 0.348. The zero-order chi connectivity index (χ0) is 20.1. The monoisotopic (exact) mass is 386 g/mol. The number of halogens is 3. The van der Waals surface area contributed by atoms with Crippen molar-refractivity contribution in [1.82, 2.24) is 0 Å². The van der Waals surface area contributed by atoms with Gasteiger partial charge in [-0.15, -0.1) is 0 Å². The van der Waals surface area contributed by atoms with Gasteiger partial charge in [-0.1, -0.05) is 30.3 Å². The van der Waals surface area contributed by atoms with Gasteiger partial charge in [0, 0.05) is 0 Å². The molecule has 1 aliphatic carbocycles. The zero-order valence-corrected chi connectivity index (χ0v) is 15.8. The number of ether oxygens (including phenoxy) is 1. The molecule has 1 fully saturated rings. The first-order valence-corrected chi connectivity index (χ1v) is 9.45. The molecule has 1 spiro atoms. The van der Waals surface area contributed by atoms with E-state index in [0.29, 0.717) is 16.7 Å². The molecule has 0 radical (unpaired) electrons. The van der Waals surface area contributed by atoms with Crippen molar-refractivity contribution in [3.05, 3.63) is 64.7 Å². The zero-order valence-electron chi connectivity index (χ0n) is 15.8. The minimum Gasteiger partial charge on any atom is -0.451 e. The Kier molecular flexibility index (Phi) is 4.36. The Labute approximate surface area is 162 Å². The van der Waals surface area contributed by atoms with Gasteiger partial charge >= 0.3 is 12.1 Å². The molecule has 2 aromatic carbocycles. The van der Waals surface area contributed by atoms with Crippen molar-refractivity contribution in [1.29, 1.82) is 0 Å². The number of benzene rings is 2. The van der Waals surface area contributed by atoms with Crippen molar-refractivity contribution in [2.45, 2.75) is 51.3 Å². The highest BCUT2D eigenvalue weighted by molar-refractivity contribution is 6.20. The van der Waals surface area contributed by atoms with E-state index in [1.807, 2.05) is 26.0 Å². The Balaban J connectivity index is 1.74. The van der Waals surface area contributed by atoms with E-state index in [9.17, 15) is 18.0 Å². The Morgan fingerprint density at radius 3 is 2.29 bits per heavy atom. The lowest BCUT2D eigenvalue weighted by Crippen LogP contribution is -2.26. The highest BCUT2D eigenvalue weighted by Gasteiger charge is 2.47. The van der Waals surface area contributed by atoms with Gasteiger partial charge in [0.05, 0.1) is 11.1 Å². The molecule has 0 N–H and O–H groups in total.